The minimum Gasteiger partial charge on any atom is -0.383 e. The summed E-state index contributed by atoms with van der Waals surface area (Å²) in [6, 6.07) is 9.67. The smallest absolute Gasteiger partial charge is 0.236 e. The summed E-state index contributed by atoms with van der Waals surface area (Å²) in [7, 11) is 5.12. The molecule has 0 unspecified atom stereocenters. The number of hydrogen-bond donors (Lipinski definition) is 0. The Labute approximate surface area is 135 Å². The van der Waals surface area contributed by atoms with Crippen LogP contribution in [0.3, 0.4) is 0 Å². The summed E-state index contributed by atoms with van der Waals surface area (Å²) >= 11 is 0. The zero-order chi connectivity index (χ0) is 16.7. The number of tetrazole rings is 1. The molecule has 1 aromatic heterocycles. The zero-order valence-electron chi connectivity index (χ0n) is 13.7. The average Bonchev–Trinajstić information content (AvgIpc) is 3.01. The van der Waals surface area contributed by atoms with Crippen molar-refractivity contribution in [3.05, 3.63) is 36.2 Å². The number of methoxy groups -OCH3 is 1. The molecule has 0 aliphatic carbocycles. The Kier molecular flexibility index (Phi) is 6.19. The van der Waals surface area contributed by atoms with E-state index in [9.17, 15) is 4.79 Å². The van der Waals surface area contributed by atoms with Gasteiger partial charge in [0.05, 0.1) is 25.4 Å². The third-order valence-electron chi connectivity index (χ3n) is 3.37. The molecule has 8 heteroatoms. The van der Waals surface area contributed by atoms with E-state index in [1.807, 2.05) is 35.2 Å². The van der Waals surface area contributed by atoms with Crippen LogP contribution in [0.15, 0.2) is 30.3 Å². The fraction of sp³-hybridized carbons (Fsp3) is 0.467. The minimum atomic E-state index is 0.0276. The van der Waals surface area contributed by atoms with Crippen molar-refractivity contribution in [3.8, 4) is 5.69 Å². The van der Waals surface area contributed by atoms with Crippen LogP contribution in [0, 0.1) is 0 Å². The van der Waals surface area contributed by atoms with Gasteiger partial charge in [0, 0.05) is 27.7 Å². The van der Waals surface area contributed by atoms with E-state index >= 15 is 0 Å². The Balaban J connectivity index is 2.13. The maximum absolute atomic E-state index is 12.0. The van der Waals surface area contributed by atoms with Crippen molar-refractivity contribution in [2.75, 3.05) is 40.9 Å². The fourth-order valence-electron chi connectivity index (χ4n) is 2.04. The number of aromatic nitrogens is 4. The monoisotopic (exact) mass is 318 g/mol. The number of rotatable bonds is 8. The molecule has 2 aromatic rings. The van der Waals surface area contributed by atoms with Gasteiger partial charge in [0.2, 0.25) is 5.91 Å². The molecule has 0 saturated heterocycles. The van der Waals surface area contributed by atoms with Crippen molar-refractivity contribution in [2.45, 2.75) is 6.54 Å². The lowest BCUT2D eigenvalue weighted by Crippen LogP contribution is -2.38. The number of likely N-dealkylation sites (N-methyl/N-ethyl adjacent to an activating group) is 1. The number of carbonyl (C=O) groups excluding carboxylic acids is 1. The Bertz CT molecular complexity index is 613. The van der Waals surface area contributed by atoms with E-state index in [4.69, 9.17) is 4.74 Å². The lowest BCUT2D eigenvalue weighted by Gasteiger charge is -2.22. The normalized spacial score (nSPS) is 11.0. The quantitative estimate of drug-likeness (QED) is 0.692. The molecular weight excluding hydrogens is 296 g/mol. The van der Waals surface area contributed by atoms with Crippen LogP contribution in [0.2, 0.25) is 0 Å². The number of hydrogen-bond acceptors (Lipinski definition) is 6. The van der Waals surface area contributed by atoms with Crippen LogP contribution in [-0.4, -0.2) is 76.8 Å². The molecule has 8 nitrogen and oxygen atoms in total. The van der Waals surface area contributed by atoms with Crippen LogP contribution in [0.5, 0.6) is 0 Å². The van der Waals surface area contributed by atoms with Crippen molar-refractivity contribution in [3.63, 3.8) is 0 Å². The largest absolute Gasteiger partial charge is 0.383 e. The fourth-order valence-corrected chi connectivity index (χ4v) is 2.04. The molecule has 0 bridgehead atoms. The molecule has 23 heavy (non-hydrogen) atoms. The zero-order valence-corrected chi connectivity index (χ0v) is 13.7. The number of nitrogens with zero attached hydrogens (tertiary/aromatic N) is 6. The Morgan fingerprint density at radius 2 is 2.00 bits per heavy atom. The second-order valence-electron chi connectivity index (χ2n) is 5.33. The summed E-state index contributed by atoms with van der Waals surface area (Å²) in [6.45, 7) is 1.91. The number of benzene rings is 1. The summed E-state index contributed by atoms with van der Waals surface area (Å²) in [6.07, 6.45) is 0. The SMILES string of the molecule is COCCN(CC(=O)N(C)C)Cc1nnnn1-c1ccccc1. The van der Waals surface area contributed by atoms with Crippen LogP contribution < -0.4 is 0 Å². The Morgan fingerprint density at radius 1 is 1.26 bits per heavy atom. The van der Waals surface area contributed by atoms with E-state index < -0.39 is 0 Å². The number of amides is 1. The first-order valence-corrected chi connectivity index (χ1v) is 7.36. The first kappa shape index (κ1) is 17.0. The van der Waals surface area contributed by atoms with Gasteiger partial charge in [-0.05, 0) is 22.6 Å². The summed E-state index contributed by atoms with van der Waals surface area (Å²) in [5, 5.41) is 11.9. The highest BCUT2D eigenvalue weighted by atomic mass is 16.5. The topological polar surface area (TPSA) is 76.4 Å². The molecule has 0 atom stereocenters. The van der Waals surface area contributed by atoms with Gasteiger partial charge in [0.25, 0.3) is 0 Å². The molecule has 1 heterocycles. The lowest BCUT2D eigenvalue weighted by atomic mass is 10.3. The highest BCUT2D eigenvalue weighted by molar-refractivity contribution is 5.77. The van der Waals surface area contributed by atoms with Crippen molar-refractivity contribution in [2.24, 2.45) is 0 Å². The second-order valence-corrected chi connectivity index (χ2v) is 5.33. The summed E-state index contributed by atoms with van der Waals surface area (Å²) in [5.41, 5.74) is 0.887. The van der Waals surface area contributed by atoms with Gasteiger partial charge in [-0.15, -0.1) is 5.10 Å². The molecule has 0 saturated carbocycles. The lowest BCUT2D eigenvalue weighted by molar-refractivity contribution is -0.130. The predicted octanol–water partition coefficient (Wildman–Crippen LogP) is 0.199. The third kappa shape index (κ3) is 4.83. The van der Waals surface area contributed by atoms with Crippen LogP contribution in [-0.2, 0) is 16.1 Å². The molecule has 1 amide bonds. The van der Waals surface area contributed by atoms with Gasteiger partial charge in [-0.3, -0.25) is 9.69 Å². The van der Waals surface area contributed by atoms with Crippen LogP contribution in [0.4, 0.5) is 0 Å². The first-order valence-electron chi connectivity index (χ1n) is 7.36. The van der Waals surface area contributed by atoms with Gasteiger partial charge in [0.15, 0.2) is 5.82 Å². The maximum Gasteiger partial charge on any atom is 0.236 e. The molecule has 0 aliphatic rings. The van der Waals surface area contributed by atoms with E-state index in [2.05, 4.69) is 15.5 Å². The summed E-state index contributed by atoms with van der Waals surface area (Å²) in [5.74, 6) is 0.707. The van der Waals surface area contributed by atoms with Crippen molar-refractivity contribution in [1.29, 1.82) is 0 Å². The molecule has 0 N–H and O–H groups in total. The van der Waals surface area contributed by atoms with Gasteiger partial charge in [-0.25, -0.2) is 0 Å². The standard InChI is InChI=1S/C15H22N6O2/c1-19(2)15(22)12-20(9-10-23-3)11-14-16-17-18-21(14)13-7-5-4-6-8-13/h4-8H,9-12H2,1-3H3. The van der Waals surface area contributed by atoms with Gasteiger partial charge < -0.3 is 9.64 Å². The number of para-hydroxylation sites is 1. The minimum absolute atomic E-state index is 0.0276. The Morgan fingerprint density at radius 3 is 2.65 bits per heavy atom. The molecule has 0 spiro atoms. The third-order valence-corrected chi connectivity index (χ3v) is 3.37. The van der Waals surface area contributed by atoms with Crippen LogP contribution in [0.25, 0.3) is 5.69 Å². The molecule has 0 radical (unpaired) electrons. The highest BCUT2D eigenvalue weighted by Crippen LogP contribution is 2.09. The molecule has 2 rings (SSSR count). The van der Waals surface area contributed by atoms with E-state index in [0.29, 0.717) is 25.5 Å². The Hall–Kier alpha value is -2.32. The van der Waals surface area contributed by atoms with Gasteiger partial charge >= 0.3 is 0 Å². The van der Waals surface area contributed by atoms with E-state index in [0.717, 1.165) is 5.69 Å². The highest BCUT2D eigenvalue weighted by Gasteiger charge is 2.17. The molecule has 0 fully saturated rings. The van der Waals surface area contributed by atoms with E-state index in [-0.39, 0.29) is 12.5 Å². The van der Waals surface area contributed by atoms with Crippen LogP contribution >= 0.6 is 0 Å². The van der Waals surface area contributed by atoms with Crippen LogP contribution in [0.1, 0.15) is 5.82 Å². The van der Waals surface area contributed by atoms with Gasteiger partial charge in [-0.2, -0.15) is 4.68 Å². The van der Waals surface area contributed by atoms with Gasteiger partial charge in [-0.1, -0.05) is 18.2 Å². The van der Waals surface area contributed by atoms with Crippen molar-refractivity contribution >= 4 is 5.91 Å². The first-order chi connectivity index (χ1) is 11.1. The van der Waals surface area contributed by atoms with E-state index in [1.165, 1.54) is 0 Å². The molecule has 124 valence electrons. The average molecular weight is 318 g/mol. The van der Waals surface area contributed by atoms with Crippen molar-refractivity contribution in [1.82, 2.24) is 30.0 Å². The molecular formula is C15H22N6O2. The number of carbonyl (C=O) groups is 1. The maximum atomic E-state index is 12.0. The molecule has 1 aromatic carbocycles. The number of ether oxygens (including phenoxy) is 1. The summed E-state index contributed by atoms with van der Waals surface area (Å²) < 4.78 is 6.80. The van der Waals surface area contributed by atoms with E-state index in [1.54, 1.807) is 30.8 Å². The van der Waals surface area contributed by atoms with Crippen molar-refractivity contribution < 1.29 is 9.53 Å². The molecule has 0 aliphatic heterocycles. The predicted molar refractivity (Wildman–Crippen MR) is 85.0 cm³/mol. The van der Waals surface area contributed by atoms with Gasteiger partial charge in [0.1, 0.15) is 0 Å². The second kappa shape index (κ2) is 8.35. The summed E-state index contributed by atoms with van der Waals surface area (Å²) in [4.78, 5) is 15.5.